The Bertz CT molecular complexity index is 2740. The summed E-state index contributed by atoms with van der Waals surface area (Å²) < 4.78 is 16.3. The monoisotopic (exact) mass is 1190 g/mol. The number of benzene rings is 3. The SMILES string of the molecule is C1CCOCC1.CC.CC.NC(=O)C[C@H](NC(=O)c1cn[nH]c1)c1cccc(Cl)c1.NC(=O)C[C@H](NC(=O)c1cn[nH]c1C1CCCCO1)c1cccc(Cl)c1.NC(=O)C[C@H](NC(=O)c1cn[nH]c1C1CCCOC1)c1cccc(Cl)c1. The lowest BCUT2D eigenvalue weighted by atomic mass is 9.95. The molecule has 0 spiro atoms. The molecule has 82 heavy (non-hydrogen) atoms. The molecule has 2 unspecified atom stereocenters. The Morgan fingerprint density at radius 1 is 0.549 bits per heavy atom. The number of carbonyl (C=O) groups is 6. The number of carbonyl (C=O) groups excluding carboxylic acids is 6. The van der Waals surface area contributed by atoms with E-state index in [0.29, 0.717) is 61.8 Å². The molecule has 6 heterocycles. The van der Waals surface area contributed by atoms with Crippen LogP contribution in [-0.2, 0) is 28.6 Å². The van der Waals surface area contributed by atoms with Crippen LogP contribution in [0, 0.1) is 0 Å². The second kappa shape index (κ2) is 37.1. The molecule has 444 valence electrons. The van der Waals surface area contributed by atoms with Crippen LogP contribution in [0.25, 0.3) is 0 Å². The zero-order valence-corrected chi connectivity index (χ0v) is 49.1. The molecule has 6 amide bonds. The first-order valence-corrected chi connectivity index (χ1v) is 28.6. The summed E-state index contributed by atoms with van der Waals surface area (Å²) in [6.07, 6.45) is 14.3. The van der Waals surface area contributed by atoms with Gasteiger partial charge in [0.1, 0.15) is 0 Å². The molecule has 5 atom stereocenters. The number of nitrogens with two attached hydrogens (primary N) is 3. The fourth-order valence-corrected chi connectivity index (χ4v) is 9.35. The maximum atomic E-state index is 12.8. The maximum Gasteiger partial charge on any atom is 0.255 e. The predicted octanol–water partition coefficient (Wildman–Crippen LogP) is 9.60. The number of hydrogen-bond donors (Lipinski definition) is 9. The molecule has 0 radical (unpaired) electrons. The Balaban J connectivity index is 0.000000245. The largest absolute Gasteiger partial charge is 0.381 e. The lowest BCUT2D eigenvalue weighted by Crippen LogP contribution is -2.32. The Morgan fingerprint density at radius 2 is 1.00 bits per heavy atom. The number of nitrogens with zero attached hydrogens (tertiary/aromatic N) is 3. The number of aromatic amines is 3. The van der Waals surface area contributed by atoms with Gasteiger partial charge < -0.3 is 47.4 Å². The molecule has 3 aromatic heterocycles. The van der Waals surface area contributed by atoms with Gasteiger partial charge in [0.25, 0.3) is 17.7 Å². The van der Waals surface area contributed by atoms with E-state index >= 15 is 0 Å². The van der Waals surface area contributed by atoms with Crippen molar-refractivity contribution in [1.29, 1.82) is 0 Å². The quantitative estimate of drug-likeness (QED) is 0.0412. The number of ether oxygens (including phenoxy) is 3. The average Bonchev–Trinajstić information content (AvgIpc) is 4.38. The minimum absolute atomic E-state index is 0.00999. The first-order chi connectivity index (χ1) is 39.6. The van der Waals surface area contributed by atoms with Gasteiger partial charge in [-0.05, 0) is 104 Å². The van der Waals surface area contributed by atoms with Crippen LogP contribution in [0.1, 0.15) is 188 Å². The molecular weight excluding hydrogens is 1120 g/mol. The molecule has 21 nitrogen and oxygen atoms in total. The third kappa shape index (κ3) is 23.0. The van der Waals surface area contributed by atoms with Gasteiger partial charge in [-0.25, -0.2) is 0 Å². The summed E-state index contributed by atoms with van der Waals surface area (Å²) in [4.78, 5) is 71.7. The lowest BCUT2D eigenvalue weighted by Gasteiger charge is -2.23. The summed E-state index contributed by atoms with van der Waals surface area (Å²) in [5.74, 6) is -2.43. The zero-order valence-electron chi connectivity index (χ0n) is 46.8. The Morgan fingerprint density at radius 3 is 1.38 bits per heavy atom. The van der Waals surface area contributed by atoms with Crippen LogP contribution < -0.4 is 33.2 Å². The summed E-state index contributed by atoms with van der Waals surface area (Å²) in [5.41, 5.74) is 20.7. The normalized spacial score (nSPS) is 16.4. The maximum absolute atomic E-state index is 12.8. The second-order valence-corrected chi connectivity index (χ2v) is 19.9. The van der Waals surface area contributed by atoms with Crippen LogP contribution in [0.4, 0.5) is 0 Å². The van der Waals surface area contributed by atoms with Crippen molar-refractivity contribution in [2.45, 2.75) is 128 Å². The molecule has 0 aliphatic carbocycles. The van der Waals surface area contributed by atoms with Gasteiger partial charge in [-0.3, -0.25) is 44.1 Å². The molecule has 3 saturated heterocycles. The molecule has 24 heteroatoms. The van der Waals surface area contributed by atoms with Crippen LogP contribution in [-0.4, -0.2) is 99.1 Å². The number of aromatic nitrogens is 6. The summed E-state index contributed by atoms with van der Waals surface area (Å²) in [5, 5.41) is 30.1. The van der Waals surface area contributed by atoms with Gasteiger partial charge in [0.15, 0.2) is 0 Å². The van der Waals surface area contributed by atoms with E-state index in [1.54, 1.807) is 72.8 Å². The number of H-pyrrole nitrogens is 3. The van der Waals surface area contributed by atoms with E-state index in [4.69, 9.17) is 66.2 Å². The molecule has 3 aromatic carbocycles. The summed E-state index contributed by atoms with van der Waals surface area (Å²) in [6.45, 7) is 12.0. The number of halogens is 3. The highest BCUT2D eigenvalue weighted by atomic mass is 35.5. The molecule has 0 saturated carbocycles. The van der Waals surface area contributed by atoms with Crippen molar-refractivity contribution < 1.29 is 43.0 Å². The van der Waals surface area contributed by atoms with Gasteiger partial charge in [-0.15, -0.1) is 0 Å². The van der Waals surface area contributed by atoms with Gasteiger partial charge in [0, 0.05) is 53.6 Å². The van der Waals surface area contributed by atoms with E-state index in [0.717, 1.165) is 63.2 Å². The second-order valence-electron chi connectivity index (χ2n) is 18.6. The molecule has 0 bridgehead atoms. The van der Waals surface area contributed by atoms with Crippen LogP contribution in [0.15, 0.2) is 97.6 Å². The van der Waals surface area contributed by atoms with Crippen molar-refractivity contribution in [3.05, 3.63) is 157 Å². The van der Waals surface area contributed by atoms with Gasteiger partial charge in [-0.1, -0.05) is 98.9 Å². The van der Waals surface area contributed by atoms with E-state index in [9.17, 15) is 28.8 Å². The summed E-state index contributed by atoms with van der Waals surface area (Å²) in [7, 11) is 0. The molecule has 3 aliphatic heterocycles. The number of primary amides is 3. The third-order valence-corrected chi connectivity index (χ3v) is 13.3. The highest BCUT2D eigenvalue weighted by Crippen LogP contribution is 2.31. The van der Waals surface area contributed by atoms with Gasteiger partial charge in [-0.2, -0.15) is 15.3 Å². The van der Waals surface area contributed by atoms with Crippen molar-refractivity contribution in [2.24, 2.45) is 17.2 Å². The van der Waals surface area contributed by atoms with Crippen molar-refractivity contribution in [3.63, 3.8) is 0 Å². The summed E-state index contributed by atoms with van der Waals surface area (Å²) >= 11 is 18.0. The minimum Gasteiger partial charge on any atom is -0.381 e. The highest BCUT2D eigenvalue weighted by molar-refractivity contribution is 6.31. The first-order valence-electron chi connectivity index (χ1n) is 27.5. The molecular formula is C58H77Cl3N12O9. The minimum atomic E-state index is -0.575. The van der Waals surface area contributed by atoms with E-state index in [2.05, 4.69) is 46.5 Å². The lowest BCUT2D eigenvalue weighted by molar-refractivity contribution is -0.119. The molecule has 3 aliphatic rings. The molecule has 9 rings (SSSR count). The Labute approximate surface area is 493 Å². The van der Waals surface area contributed by atoms with Crippen LogP contribution >= 0.6 is 34.8 Å². The van der Waals surface area contributed by atoms with Crippen LogP contribution in [0.2, 0.25) is 15.1 Å². The van der Waals surface area contributed by atoms with Crippen molar-refractivity contribution in [2.75, 3.05) is 33.0 Å². The van der Waals surface area contributed by atoms with Gasteiger partial charge >= 0.3 is 0 Å². The van der Waals surface area contributed by atoms with Crippen LogP contribution in [0.5, 0.6) is 0 Å². The topological polar surface area (TPSA) is 330 Å². The van der Waals surface area contributed by atoms with Crippen molar-refractivity contribution in [1.82, 2.24) is 46.5 Å². The van der Waals surface area contributed by atoms with Crippen molar-refractivity contribution in [3.8, 4) is 0 Å². The van der Waals surface area contributed by atoms with E-state index in [-0.39, 0.29) is 49.0 Å². The summed E-state index contributed by atoms with van der Waals surface area (Å²) in [6, 6.07) is 19.2. The van der Waals surface area contributed by atoms with E-state index in [1.165, 1.54) is 44.0 Å². The number of nitrogens with one attached hydrogen (secondary N) is 6. The predicted molar refractivity (Wildman–Crippen MR) is 315 cm³/mol. The van der Waals surface area contributed by atoms with Crippen molar-refractivity contribution >= 4 is 70.2 Å². The fraction of sp³-hybridized carbons (Fsp3) is 0.431. The Kier molecular flexibility index (Phi) is 30.4. The standard InChI is InChI=1S/2C18H21ClN4O3.C13H13ClN4O2.C5H10O.2C2H6/c19-13-5-1-3-11(7-13)15(8-16(20)24)22-18(25)14-9-21-23-17(14)12-4-2-6-26-10-12;19-12-5-3-4-11(8-12)14(9-16(20)24)22-18(25)13-10-21-23-17(13)15-6-1-2-7-26-15;14-10-3-1-2-8(4-10)11(5-12(15)19)18-13(20)9-6-16-17-7-9;1-2-4-6-5-3-1;2*1-2/h1,3,5,7,9,12,15H,2,4,6,8,10H2,(H2,20,24)(H,21,23)(H,22,25);3-5,8,10,14-15H,1-2,6-7,9H2,(H2,20,24)(H,21,23)(H,22,25);1-4,6-7,11H,5H2,(H2,15,19)(H,16,17)(H,18,20);1-5H2;2*1-2H3/t12?,15-;14-,15?;11-;;;/m000.../s1. The fourth-order valence-electron chi connectivity index (χ4n) is 8.75. The molecule has 3 fully saturated rings. The smallest absolute Gasteiger partial charge is 0.255 e. The highest BCUT2D eigenvalue weighted by Gasteiger charge is 2.28. The number of rotatable bonds is 17. The Hall–Kier alpha value is -7.14. The van der Waals surface area contributed by atoms with Gasteiger partial charge in [0.2, 0.25) is 17.7 Å². The molecule has 12 N–H and O–H groups in total. The van der Waals surface area contributed by atoms with E-state index in [1.807, 2.05) is 27.7 Å². The third-order valence-electron chi connectivity index (χ3n) is 12.6. The first kappa shape index (κ1) is 67.4. The number of hydrogen-bond acceptors (Lipinski definition) is 12. The van der Waals surface area contributed by atoms with Crippen LogP contribution in [0.3, 0.4) is 0 Å². The van der Waals surface area contributed by atoms with Gasteiger partial charge in [0.05, 0.1) is 96.8 Å². The average molecular weight is 1190 g/mol. The number of amides is 6. The zero-order chi connectivity index (χ0) is 59.8. The molecule has 6 aromatic rings. The van der Waals surface area contributed by atoms with E-state index < -0.39 is 35.8 Å².